The summed E-state index contributed by atoms with van der Waals surface area (Å²) in [6, 6.07) is 9.78. The highest BCUT2D eigenvalue weighted by Gasteiger charge is 2.33. The van der Waals surface area contributed by atoms with Crippen LogP contribution < -0.4 is 0 Å². The summed E-state index contributed by atoms with van der Waals surface area (Å²) in [5, 5.41) is 1.02. The van der Waals surface area contributed by atoms with Crippen LogP contribution >= 0.6 is 0 Å². The Kier molecular flexibility index (Phi) is 3.53. The maximum absolute atomic E-state index is 12.6. The lowest BCUT2D eigenvalue weighted by Gasteiger charge is -2.15. The summed E-state index contributed by atoms with van der Waals surface area (Å²) >= 11 is 0. The van der Waals surface area contributed by atoms with Crippen LogP contribution in [0.5, 0.6) is 0 Å². The van der Waals surface area contributed by atoms with E-state index in [0.717, 1.165) is 35.0 Å². The van der Waals surface area contributed by atoms with E-state index in [4.69, 9.17) is 4.74 Å². The van der Waals surface area contributed by atoms with Crippen molar-refractivity contribution in [1.82, 2.24) is 4.98 Å². The van der Waals surface area contributed by atoms with Gasteiger partial charge >= 0.3 is 0 Å². The first-order valence-corrected chi connectivity index (χ1v) is 7.22. The Balaban J connectivity index is 1.93. The van der Waals surface area contributed by atoms with Crippen LogP contribution in [0.1, 0.15) is 35.8 Å². The first-order valence-electron chi connectivity index (χ1n) is 7.22. The first-order chi connectivity index (χ1) is 9.69. The fourth-order valence-electron chi connectivity index (χ4n) is 2.95. The molecular weight excluding hydrogens is 250 g/mol. The number of aromatic nitrogens is 1. The molecule has 0 spiro atoms. The minimum atomic E-state index is 0.0101. The van der Waals surface area contributed by atoms with Gasteiger partial charge in [0.1, 0.15) is 0 Å². The lowest BCUT2D eigenvalue weighted by molar-refractivity contribution is 0.0689. The Hall–Kier alpha value is -1.74. The summed E-state index contributed by atoms with van der Waals surface area (Å²) < 4.78 is 5.63. The number of aryl methyl sites for hydroxylation is 1. The van der Waals surface area contributed by atoms with Crippen molar-refractivity contribution in [3.8, 4) is 0 Å². The standard InChI is InChI=1S/C17H19NO2/c1-3-16-14(8-9-20-16)17(19)13-6-7-15-12(10-13)5-4-11(2)18-15/h4-7,10,14,16H,3,8-9H2,1-2H3. The second-order valence-electron chi connectivity index (χ2n) is 5.44. The molecule has 20 heavy (non-hydrogen) atoms. The normalized spacial score (nSPS) is 22.3. The molecule has 1 aromatic heterocycles. The van der Waals surface area contributed by atoms with Crippen LogP contribution in [0.2, 0.25) is 0 Å². The van der Waals surface area contributed by atoms with Crippen LogP contribution in [0.4, 0.5) is 0 Å². The monoisotopic (exact) mass is 269 g/mol. The molecule has 1 aromatic carbocycles. The number of fused-ring (bicyclic) bond motifs is 1. The van der Waals surface area contributed by atoms with Crippen molar-refractivity contribution >= 4 is 16.7 Å². The number of pyridine rings is 1. The lowest BCUT2D eigenvalue weighted by Crippen LogP contribution is -2.23. The predicted octanol–water partition coefficient (Wildman–Crippen LogP) is 3.54. The first kappa shape index (κ1) is 13.3. The number of nitrogens with zero attached hydrogens (tertiary/aromatic N) is 1. The Morgan fingerprint density at radius 3 is 3.00 bits per heavy atom. The molecule has 1 saturated heterocycles. The molecule has 2 atom stereocenters. The quantitative estimate of drug-likeness (QED) is 0.800. The van der Waals surface area contributed by atoms with Gasteiger partial charge in [-0.15, -0.1) is 0 Å². The van der Waals surface area contributed by atoms with E-state index in [1.54, 1.807) is 0 Å². The van der Waals surface area contributed by atoms with Crippen LogP contribution in [0.25, 0.3) is 10.9 Å². The van der Waals surface area contributed by atoms with Crippen molar-refractivity contribution in [3.05, 3.63) is 41.6 Å². The molecule has 3 heteroatoms. The molecule has 2 unspecified atom stereocenters. The van der Waals surface area contributed by atoms with Crippen LogP contribution in [-0.4, -0.2) is 23.5 Å². The average Bonchev–Trinajstić information content (AvgIpc) is 2.94. The number of carbonyl (C=O) groups excluding carboxylic acids is 1. The van der Waals surface area contributed by atoms with Crippen molar-refractivity contribution in [1.29, 1.82) is 0 Å². The van der Waals surface area contributed by atoms with Crippen LogP contribution in [0, 0.1) is 12.8 Å². The summed E-state index contributed by atoms with van der Waals surface area (Å²) in [6.07, 6.45) is 1.81. The summed E-state index contributed by atoms with van der Waals surface area (Å²) in [7, 11) is 0. The van der Waals surface area contributed by atoms with E-state index in [9.17, 15) is 4.79 Å². The van der Waals surface area contributed by atoms with E-state index in [1.165, 1.54) is 0 Å². The number of hydrogen-bond donors (Lipinski definition) is 0. The smallest absolute Gasteiger partial charge is 0.168 e. The second-order valence-corrected chi connectivity index (χ2v) is 5.44. The molecule has 1 aliphatic rings. The number of carbonyl (C=O) groups is 1. The third kappa shape index (κ3) is 2.34. The molecule has 0 amide bonds. The molecule has 1 fully saturated rings. The summed E-state index contributed by atoms with van der Waals surface area (Å²) in [6.45, 7) is 4.74. The molecule has 1 aliphatic heterocycles. The molecule has 0 saturated carbocycles. The minimum Gasteiger partial charge on any atom is -0.377 e. The van der Waals surface area contributed by atoms with Crippen molar-refractivity contribution in [2.24, 2.45) is 5.92 Å². The molecule has 0 radical (unpaired) electrons. The van der Waals surface area contributed by atoms with E-state index in [2.05, 4.69) is 11.9 Å². The number of ether oxygens (including phenoxy) is 1. The minimum absolute atomic E-state index is 0.0101. The lowest BCUT2D eigenvalue weighted by atomic mass is 9.90. The molecular formula is C17H19NO2. The van der Waals surface area contributed by atoms with Gasteiger partial charge in [-0.3, -0.25) is 9.78 Å². The highest BCUT2D eigenvalue weighted by atomic mass is 16.5. The SMILES string of the molecule is CCC1OCCC1C(=O)c1ccc2nc(C)ccc2c1. The highest BCUT2D eigenvalue weighted by Crippen LogP contribution is 2.28. The predicted molar refractivity (Wildman–Crippen MR) is 78.9 cm³/mol. The Morgan fingerprint density at radius 1 is 1.35 bits per heavy atom. The zero-order valence-electron chi connectivity index (χ0n) is 11.9. The van der Waals surface area contributed by atoms with Crippen molar-refractivity contribution < 1.29 is 9.53 Å². The van der Waals surface area contributed by atoms with Crippen molar-refractivity contribution in [2.45, 2.75) is 32.8 Å². The summed E-state index contributed by atoms with van der Waals surface area (Å²) in [4.78, 5) is 17.1. The third-order valence-electron chi connectivity index (χ3n) is 4.06. The molecule has 2 heterocycles. The van der Waals surface area contributed by atoms with Gasteiger partial charge in [-0.2, -0.15) is 0 Å². The molecule has 3 nitrogen and oxygen atoms in total. The summed E-state index contributed by atoms with van der Waals surface area (Å²) in [5.41, 5.74) is 2.71. The van der Waals surface area contributed by atoms with Gasteiger partial charge in [-0.1, -0.05) is 13.0 Å². The van der Waals surface area contributed by atoms with Crippen molar-refractivity contribution in [2.75, 3.05) is 6.61 Å². The van der Waals surface area contributed by atoms with Crippen LogP contribution in [0.3, 0.4) is 0 Å². The Bertz CT molecular complexity index is 650. The zero-order valence-corrected chi connectivity index (χ0v) is 11.9. The van der Waals surface area contributed by atoms with Gasteiger partial charge in [0.05, 0.1) is 17.5 Å². The third-order valence-corrected chi connectivity index (χ3v) is 4.06. The van der Waals surface area contributed by atoms with E-state index >= 15 is 0 Å². The number of ketones is 1. The number of Topliss-reactive ketones (excluding diaryl/α,β-unsaturated/α-hetero) is 1. The van der Waals surface area contributed by atoms with Gasteiger partial charge in [-0.25, -0.2) is 0 Å². The van der Waals surface area contributed by atoms with E-state index in [-0.39, 0.29) is 17.8 Å². The van der Waals surface area contributed by atoms with Crippen LogP contribution in [-0.2, 0) is 4.74 Å². The van der Waals surface area contributed by atoms with Gasteiger partial charge in [0.15, 0.2) is 5.78 Å². The Labute approximate surface area is 119 Å². The highest BCUT2D eigenvalue weighted by molar-refractivity contribution is 6.01. The topological polar surface area (TPSA) is 39.2 Å². The van der Waals surface area contributed by atoms with E-state index < -0.39 is 0 Å². The largest absolute Gasteiger partial charge is 0.377 e. The van der Waals surface area contributed by atoms with Gasteiger partial charge in [0, 0.05) is 23.3 Å². The van der Waals surface area contributed by atoms with Crippen molar-refractivity contribution in [3.63, 3.8) is 0 Å². The number of benzene rings is 1. The Morgan fingerprint density at radius 2 is 2.20 bits per heavy atom. The van der Waals surface area contributed by atoms with E-state index in [1.807, 2.05) is 37.3 Å². The average molecular weight is 269 g/mol. The fourth-order valence-corrected chi connectivity index (χ4v) is 2.95. The second kappa shape index (κ2) is 5.33. The maximum atomic E-state index is 12.6. The molecule has 0 N–H and O–H groups in total. The van der Waals surface area contributed by atoms with Gasteiger partial charge in [-0.05, 0) is 44.0 Å². The molecule has 104 valence electrons. The summed E-state index contributed by atoms with van der Waals surface area (Å²) in [5.74, 6) is 0.215. The maximum Gasteiger partial charge on any atom is 0.168 e. The number of hydrogen-bond acceptors (Lipinski definition) is 3. The zero-order chi connectivity index (χ0) is 14.1. The van der Waals surface area contributed by atoms with Gasteiger partial charge in [0.2, 0.25) is 0 Å². The number of rotatable bonds is 3. The van der Waals surface area contributed by atoms with Gasteiger partial charge in [0.25, 0.3) is 0 Å². The van der Waals surface area contributed by atoms with Crippen LogP contribution in [0.15, 0.2) is 30.3 Å². The molecule has 0 aliphatic carbocycles. The molecule has 3 rings (SSSR count). The van der Waals surface area contributed by atoms with E-state index in [0.29, 0.717) is 6.61 Å². The van der Waals surface area contributed by atoms with Gasteiger partial charge < -0.3 is 4.74 Å². The molecule has 0 bridgehead atoms. The fraction of sp³-hybridized carbons (Fsp3) is 0.412. The molecule has 2 aromatic rings.